The number of aromatic nitrogens is 1. The summed E-state index contributed by atoms with van der Waals surface area (Å²) in [5, 5.41) is 0.0574. The van der Waals surface area contributed by atoms with Crippen LogP contribution in [-0.2, 0) is 24.6 Å². The topological polar surface area (TPSA) is 31.2 Å². The van der Waals surface area contributed by atoms with Gasteiger partial charge in [-0.1, -0.05) is 17.5 Å². The molecule has 0 spiro atoms. The van der Waals surface area contributed by atoms with E-state index >= 15 is 0 Å². The second-order valence-corrected chi connectivity index (χ2v) is 5.52. The molecule has 0 aliphatic heterocycles. The van der Waals surface area contributed by atoms with Crippen LogP contribution in [0.25, 0.3) is 11.1 Å². The van der Waals surface area contributed by atoms with Crippen molar-refractivity contribution < 1.29 is 22.3 Å². The Kier molecular flexibility index (Phi) is 5.55. The summed E-state index contributed by atoms with van der Waals surface area (Å²) in [6, 6.07) is 3.89. The van der Waals surface area contributed by atoms with Crippen LogP contribution in [0.1, 0.15) is 11.3 Å². The molecule has 132 valence electrons. The van der Waals surface area contributed by atoms with Crippen LogP contribution in [0.3, 0.4) is 0 Å². The van der Waals surface area contributed by atoms with Crippen molar-refractivity contribution in [3.05, 3.63) is 56.7 Å². The third-order valence-electron chi connectivity index (χ3n) is 3.46. The van der Waals surface area contributed by atoms with Gasteiger partial charge >= 0.3 is 6.18 Å². The van der Waals surface area contributed by atoms with Crippen molar-refractivity contribution in [2.24, 2.45) is 7.05 Å². The number of pyridine rings is 1. The molecule has 25 heavy (non-hydrogen) atoms. The summed E-state index contributed by atoms with van der Waals surface area (Å²) < 4.78 is 58.3. The highest BCUT2D eigenvalue weighted by atomic mass is 35.5. The Bertz CT molecular complexity index is 897. The van der Waals surface area contributed by atoms with E-state index in [1.165, 1.54) is 6.07 Å². The smallest absolute Gasteiger partial charge is 0.364 e. The normalized spacial score (nSPS) is 11.4. The molecular formula is C17H12ClF4NO2. The molecule has 0 unspecified atom stereocenters. The van der Waals surface area contributed by atoms with Gasteiger partial charge < -0.3 is 9.30 Å². The van der Waals surface area contributed by atoms with E-state index in [-0.39, 0.29) is 29.4 Å². The highest BCUT2D eigenvalue weighted by Gasteiger charge is 2.34. The van der Waals surface area contributed by atoms with E-state index in [1.54, 1.807) is 0 Å². The van der Waals surface area contributed by atoms with E-state index in [9.17, 15) is 22.4 Å². The molecule has 0 saturated heterocycles. The quantitative estimate of drug-likeness (QED) is 0.460. The fourth-order valence-electron chi connectivity index (χ4n) is 2.26. The summed E-state index contributed by atoms with van der Waals surface area (Å²) in [5.74, 6) is 1.42. The maximum Gasteiger partial charge on any atom is 0.431 e. The number of ether oxygens (including phenoxy) is 1. The summed E-state index contributed by atoms with van der Waals surface area (Å²) >= 11 is 5.92. The molecule has 0 atom stereocenters. The molecule has 3 nitrogen and oxygen atoms in total. The monoisotopic (exact) mass is 373 g/mol. The van der Waals surface area contributed by atoms with Crippen LogP contribution in [0.4, 0.5) is 17.6 Å². The van der Waals surface area contributed by atoms with Gasteiger partial charge in [-0.15, -0.1) is 6.42 Å². The lowest BCUT2D eigenvalue weighted by Crippen LogP contribution is -2.26. The molecule has 2 rings (SSSR count). The van der Waals surface area contributed by atoms with Gasteiger partial charge in [0.15, 0.2) is 0 Å². The zero-order valence-electron chi connectivity index (χ0n) is 13.0. The lowest BCUT2D eigenvalue weighted by atomic mass is 10.0. The number of benzene rings is 1. The first-order valence-electron chi connectivity index (χ1n) is 6.93. The summed E-state index contributed by atoms with van der Waals surface area (Å²) in [7, 11) is 0.972. The lowest BCUT2D eigenvalue weighted by molar-refractivity contribution is -0.143. The second kappa shape index (κ2) is 7.30. The molecule has 0 saturated carbocycles. The Balaban J connectivity index is 2.55. The summed E-state index contributed by atoms with van der Waals surface area (Å²) in [6.45, 7) is -0.0254. The first kappa shape index (κ1) is 19.0. The Hall–Kier alpha value is -2.30. The standard InChI is InChI=1S/C17H12ClF4NO2/c1-3-6-25-9-10-7-12(14(19)8-13(10)18)11-4-5-15(17(20,21)22)23(2)16(11)24/h1,4-5,7-8H,6,9H2,2H3. The maximum absolute atomic E-state index is 14.2. The molecular weight excluding hydrogens is 362 g/mol. The van der Waals surface area contributed by atoms with Crippen LogP contribution in [0.15, 0.2) is 29.1 Å². The zero-order chi connectivity index (χ0) is 18.8. The van der Waals surface area contributed by atoms with E-state index in [2.05, 4.69) is 5.92 Å². The number of hydrogen-bond acceptors (Lipinski definition) is 2. The fraction of sp³-hybridized carbons (Fsp3) is 0.235. The summed E-state index contributed by atoms with van der Waals surface area (Å²) in [5.41, 5.74) is -2.14. The molecule has 0 bridgehead atoms. The highest BCUT2D eigenvalue weighted by molar-refractivity contribution is 6.31. The van der Waals surface area contributed by atoms with Crippen molar-refractivity contribution in [3.63, 3.8) is 0 Å². The first-order valence-corrected chi connectivity index (χ1v) is 7.31. The van der Waals surface area contributed by atoms with E-state index in [0.29, 0.717) is 10.1 Å². The number of nitrogens with zero attached hydrogens (tertiary/aromatic N) is 1. The molecule has 1 aromatic carbocycles. The molecule has 0 radical (unpaired) electrons. The minimum absolute atomic E-state index is 0.00504. The van der Waals surface area contributed by atoms with Crippen molar-refractivity contribution in [2.45, 2.75) is 12.8 Å². The Morgan fingerprint density at radius 2 is 1.96 bits per heavy atom. The van der Waals surface area contributed by atoms with Crippen LogP contribution in [0.5, 0.6) is 0 Å². The molecule has 8 heteroatoms. The van der Waals surface area contributed by atoms with Crippen molar-refractivity contribution in [1.82, 2.24) is 4.57 Å². The Morgan fingerprint density at radius 3 is 2.56 bits per heavy atom. The third kappa shape index (κ3) is 4.03. The first-order chi connectivity index (χ1) is 11.7. The zero-order valence-corrected chi connectivity index (χ0v) is 13.7. The summed E-state index contributed by atoms with van der Waals surface area (Å²) in [4.78, 5) is 12.3. The largest absolute Gasteiger partial charge is 0.431 e. The van der Waals surface area contributed by atoms with Crippen molar-refractivity contribution >= 4 is 11.6 Å². The second-order valence-electron chi connectivity index (χ2n) is 5.11. The molecule has 0 fully saturated rings. The molecule has 0 aliphatic rings. The van der Waals surface area contributed by atoms with Gasteiger partial charge in [0, 0.05) is 17.6 Å². The SMILES string of the molecule is C#CCOCc1cc(-c2ccc(C(F)(F)F)n(C)c2=O)c(F)cc1Cl. The number of halogens is 5. The lowest BCUT2D eigenvalue weighted by Gasteiger charge is -2.14. The van der Waals surface area contributed by atoms with Crippen LogP contribution < -0.4 is 5.56 Å². The van der Waals surface area contributed by atoms with E-state index < -0.39 is 23.2 Å². The predicted molar refractivity (Wildman–Crippen MR) is 85.6 cm³/mol. The van der Waals surface area contributed by atoms with Crippen molar-refractivity contribution in [3.8, 4) is 23.5 Å². The van der Waals surface area contributed by atoms with Crippen LogP contribution in [0, 0.1) is 18.2 Å². The van der Waals surface area contributed by atoms with E-state index in [1.807, 2.05) is 0 Å². The van der Waals surface area contributed by atoms with Gasteiger partial charge in [-0.2, -0.15) is 13.2 Å². The van der Waals surface area contributed by atoms with Gasteiger partial charge in [-0.25, -0.2) is 4.39 Å². The van der Waals surface area contributed by atoms with Gasteiger partial charge in [0.2, 0.25) is 0 Å². The predicted octanol–water partition coefficient (Wildman–Crippen LogP) is 4.01. The van der Waals surface area contributed by atoms with Crippen LogP contribution in [-0.4, -0.2) is 11.2 Å². The summed E-state index contributed by atoms with van der Waals surface area (Å²) in [6.07, 6.45) is 0.362. The minimum atomic E-state index is -4.70. The third-order valence-corrected chi connectivity index (χ3v) is 3.82. The number of alkyl halides is 3. The van der Waals surface area contributed by atoms with Gasteiger partial charge in [0.25, 0.3) is 5.56 Å². The van der Waals surface area contributed by atoms with Crippen LogP contribution in [0.2, 0.25) is 5.02 Å². The number of rotatable bonds is 4. The van der Waals surface area contributed by atoms with E-state index in [4.69, 9.17) is 22.8 Å². The molecule has 2 aromatic rings. The van der Waals surface area contributed by atoms with Gasteiger partial charge in [0.05, 0.1) is 12.2 Å². The van der Waals surface area contributed by atoms with Gasteiger partial charge in [0.1, 0.15) is 18.1 Å². The van der Waals surface area contributed by atoms with Gasteiger partial charge in [-0.05, 0) is 29.8 Å². The Labute approximate surface area is 145 Å². The number of terminal acetylenes is 1. The fourth-order valence-corrected chi connectivity index (χ4v) is 2.46. The van der Waals surface area contributed by atoms with E-state index in [0.717, 1.165) is 25.2 Å². The molecule has 1 heterocycles. The molecule has 0 N–H and O–H groups in total. The van der Waals surface area contributed by atoms with Crippen molar-refractivity contribution in [1.29, 1.82) is 0 Å². The molecule has 0 amide bonds. The average molecular weight is 374 g/mol. The maximum atomic E-state index is 14.2. The molecule has 0 aliphatic carbocycles. The average Bonchev–Trinajstić information content (AvgIpc) is 2.51. The van der Waals surface area contributed by atoms with Crippen LogP contribution >= 0.6 is 11.6 Å². The highest BCUT2D eigenvalue weighted by Crippen LogP contribution is 2.31. The Morgan fingerprint density at radius 1 is 1.28 bits per heavy atom. The molecule has 1 aromatic heterocycles. The number of hydrogen-bond donors (Lipinski definition) is 0. The minimum Gasteiger partial charge on any atom is -0.364 e. The van der Waals surface area contributed by atoms with Crippen molar-refractivity contribution in [2.75, 3.05) is 6.61 Å². The van der Waals surface area contributed by atoms with Gasteiger partial charge in [-0.3, -0.25) is 4.79 Å².